The zero-order valence-corrected chi connectivity index (χ0v) is 12.0. The van der Waals surface area contributed by atoms with Gasteiger partial charge in [-0.25, -0.2) is 4.98 Å². The molecule has 0 spiro atoms. The summed E-state index contributed by atoms with van der Waals surface area (Å²) < 4.78 is 5.30. The van der Waals surface area contributed by atoms with Gasteiger partial charge in [0.2, 0.25) is 5.88 Å². The molecular formula is C16H22N2O2. The van der Waals surface area contributed by atoms with E-state index in [0.717, 1.165) is 6.42 Å². The highest BCUT2D eigenvalue weighted by Gasteiger charge is 2.08. The number of ether oxygens (including phenoxy) is 1. The van der Waals surface area contributed by atoms with Crippen LogP contribution in [0.1, 0.15) is 49.4 Å². The normalized spacial score (nSPS) is 14.6. The summed E-state index contributed by atoms with van der Waals surface area (Å²) in [6.45, 7) is 3.13. The summed E-state index contributed by atoms with van der Waals surface area (Å²) in [7, 11) is 0. The Balaban J connectivity index is 1.82. The third-order valence-electron chi connectivity index (χ3n) is 3.41. The van der Waals surface area contributed by atoms with Gasteiger partial charge in [-0.2, -0.15) is 0 Å². The summed E-state index contributed by atoms with van der Waals surface area (Å²) in [6.07, 6.45) is 9.81. The molecule has 1 N–H and O–H groups in total. The lowest BCUT2D eigenvalue weighted by molar-refractivity contribution is 0.0953. The first-order valence-corrected chi connectivity index (χ1v) is 7.34. The Kier molecular flexibility index (Phi) is 5.59. The standard InChI is InChI=1S/C16H22N2O2/c1-2-20-15-12-14(9-11-17-15)16(19)18-10-8-13-6-4-3-5-7-13/h6,9,11-12H,2-5,7-8,10H2,1H3,(H,18,19). The molecule has 0 aromatic carbocycles. The number of aromatic nitrogens is 1. The highest BCUT2D eigenvalue weighted by molar-refractivity contribution is 5.94. The van der Waals surface area contributed by atoms with E-state index in [2.05, 4.69) is 16.4 Å². The fourth-order valence-electron chi connectivity index (χ4n) is 2.35. The highest BCUT2D eigenvalue weighted by Crippen LogP contribution is 2.19. The third kappa shape index (κ3) is 4.37. The predicted molar refractivity (Wildman–Crippen MR) is 78.9 cm³/mol. The molecule has 1 aliphatic rings. The van der Waals surface area contributed by atoms with Crippen LogP contribution in [0.5, 0.6) is 5.88 Å². The third-order valence-corrected chi connectivity index (χ3v) is 3.41. The van der Waals surface area contributed by atoms with E-state index in [0.29, 0.717) is 24.6 Å². The minimum Gasteiger partial charge on any atom is -0.478 e. The number of carbonyl (C=O) groups is 1. The first kappa shape index (κ1) is 14.6. The summed E-state index contributed by atoms with van der Waals surface area (Å²) in [5.74, 6) is 0.430. The second-order valence-electron chi connectivity index (χ2n) is 4.93. The van der Waals surface area contributed by atoms with Crippen LogP contribution in [-0.2, 0) is 0 Å². The van der Waals surface area contributed by atoms with E-state index in [1.165, 1.54) is 31.3 Å². The van der Waals surface area contributed by atoms with Crippen LogP contribution in [0.15, 0.2) is 30.0 Å². The van der Waals surface area contributed by atoms with Gasteiger partial charge in [0.1, 0.15) is 0 Å². The monoisotopic (exact) mass is 274 g/mol. The molecule has 0 radical (unpaired) electrons. The molecule has 0 fully saturated rings. The molecule has 4 nitrogen and oxygen atoms in total. The van der Waals surface area contributed by atoms with Gasteiger partial charge >= 0.3 is 0 Å². The first-order chi connectivity index (χ1) is 9.79. The van der Waals surface area contributed by atoms with Crippen molar-refractivity contribution < 1.29 is 9.53 Å². The van der Waals surface area contributed by atoms with E-state index >= 15 is 0 Å². The molecule has 2 rings (SSSR count). The number of hydrogen-bond donors (Lipinski definition) is 1. The summed E-state index contributed by atoms with van der Waals surface area (Å²) in [5.41, 5.74) is 2.07. The second kappa shape index (κ2) is 7.68. The molecule has 4 heteroatoms. The SMILES string of the molecule is CCOc1cc(C(=O)NCCC2=CCCCC2)ccn1. The van der Waals surface area contributed by atoms with Crippen LogP contribution in [0, 0.1) is 0 Å². The Hall–Kier alpha value is -1.84. The number of amides is 1. The highest BCUT2D eigenvalue weighted by atomic mass is 16.5. The largest absolute Gasteiger partial charge is 0.478 e. The minimum absolute atomic E-state index is 0.0650. The van der Waals surface area contributed by atoms with E-state index in [4.69, 9.17) is 4.74 Å². The first-order valence-electron chi connectivity index (χ1n) is 7.34. The molecule has 0 aliphatic heterocycles. The van der Waals surface area contributed by atoms with Gasteiger partial charge in [-0.15, -0.1) is 0 Å². The Labute approximate surface area is 120 Å². The van der Waals surface area contributed by atoms with Gasteiger partial charge in [-0.05, 0) is 45.1 Å². The van der Waals surface area contributed by atoms with E-state index in [1.807, 2.05) is 6.92 Å². The quantitative estimate of drug-likeness (QED) is 0.811. The number of hydrogen-bond acceptors (Lipinski definition) is 3. The van der Waals surface area contributed by atoms with Crippen LogP contribution in [0.2, 0.25) is 0 Å². The van der Waals surface area contributed by atoms with Crippen molar-refractivity contribution in [3.63, 3.8) is 0 Å². The van der Waals surface area contributed by atoms with Crippen LogP contribution in [0.3, 0.4) is 0 Å². The minimum atomic E-state index is -0.0650. The van der Waals surface area contributed by atoms with Gasteiger partial charge in [0, 0.05) is 24.4 Å². The van der Waals surface area contributed by atoms with Crippen molar-refractivity contribution in [1.82, 2.24) is 10.3 Å². The molecule has 0 unspecified atom stereocenters. The van der Waals surface area contributed by atoms with Gasteiger partial charge in [-0.3, -0.25) is 4.79 Å². The molecule has 1 aliphatic carbocycles. The van der Waals surface area contributed by atoms with Crippen LogP contribution < -0.4 is 10.1 Å². The maximum atomic E-state index is 12.0. The molecule has 1 aromatic rings. The van der Waals surface area contributed by atoms with Crippen molar-refractivity contribution in [2.75, 3.05) is 13.2 Å². The fraction of sp³-hybridized carbons (Fsp3) is 0.500. The van der Waals surface area contributed by atoms with Crippen molar-refractivity contribution in [3.05, 3.63) is 35.5 Å². The Morgan fingerprint density at radius 3 is 3.10 bits per heavy atom. The maximum Gasteiger partial charge on any atom is 0.251 e. The van der Waals surface area contributed by atoms with E-state index < -0.39 is 0 Å². The number of nitrogens with one attached hydrogen (secondary N) is 1. The zero-order chi connectivity index (χ0) is 14.2. The number of allylic oxidation sites excluding steroid dienone is 1. The van der Waals surface area contributed by atoms with Crippen LogP contribution >= 0.6 is 0 Å². The Morgan fingerprint density at radius 2 is 2.35 bits per heavy atom. The summed E-state index contributed by atoms with van der Waals surface area (Å²) in [6, 6.07) is 3.39. The number of rotatable bonds is 6. The zero-order valence-electron chi connectivity index (χ0n) is 12.0. The molecule has 108 valence electrons. The summed E-state index contributed by atoms with van der Waals surface area (Å²) >= 11 is 0. The van der Waals surface area contributed by atoms with Crippen molar-refractivity contribution in [3.8, 4) is 5.88 Å². The van der Waals surface area contributed by atoms with Crippen molar-refractivity contribution in [1.29, 1.82) is 0 Å². The molecule has 0 saturated carbocycles. The Bertz CT molecular complexity index is 483. The smallest absolute Gasteiger partial charge is 0.251 e. The fourth-order valence-corrected chi connectivity index (χ4v) is 2.35. The lowest BCUT2D eigenvalue weighted by Gasteiger charge is -2.13. The van der Waals surface area contributed by atoms with E-state index in [-0.39, 0.29) is 5.91 Å². The maximum absolute atomic E-state index is 12.0. The van der Waals surface area contributed by atoms with Gasteiger partial charge in [0.05, 0.1) is 6.61 Å². The summed E-state index contributed by atoms with van der Waals surface area (Å²) in [4.78, 5) is 16.1. The van der Waals surface area contributed by atoms with E-state index in [1.54, 1.807) is 18.3 Å². The molecule has 1 amide bonds. The number of pyridine rings is 1. The molecular weight excluding hydrogens is 252 g/mol. The van der Waals surface area contributed by atoms with Crippen molar-refractivity contribution in [2.24, 2.45) is 0 Å². The molecule has 1 aromatic heterocycles. The van der Waals surface area contributed by atoms with Crippen LogP contribution in [0.4, 0.5) is 0 Å². The second-order valence-corrected chi connectivity index (χ2v) is 4.93. The van der Waals surface area contributed by atoms with Gasteiger partial charge in [0.25, 0.3) is 5.91 Å². The molecule has 0 bridgehead atoms. The topological polar surface area (TPSA) is 51.2 Å². The predicted octanol–water partition coefficient (Wildman–Crippen LogP) is 3.10. The molecule has 0 saturated heterocycles. The van der Waals surface area contributed by atoms with Gasteiger partial charge in [-0.1, -0.05) is 11.6 Å². The van der Waals surface area contributed by atoms with E-state index in [9.17, 15) is 4.79 Å². The average Bonchev–Trinajstić information content (AvgIpc) is 2.49. The summed E-state index contributed by atoms with van der Waals surface area (Å²) in [5, 5.41) is 2.95. The van der Waals surface area contributed by atoms with Crippen molar-refractivity contribution in [2.45, 2.75) is 39.0 Å². The molecule has 1 heterocycles. The van der Waals surface area contributed by atoms with Crippen LogP contribution in [-0.4, -0.2) is 24.0 Å². The lowest BCUT2D eigenvalue weighted by Crippen LogP contribution is -2.25. The lowest BCUT2D eigenvalue weighted by atomic mass is 9.97. The van der Waals surface area contributed by atoms with Gasteiger partial charge in [0.15, 0.2) is 0 Å². The number of nitrogens with zero attached hydrogens (tertiary/aromatic N) is 1. The van der Waals surface area contributed by atoms with Crippen LogP contribution in [0.25, 0.3) is 0 Å². The Morgan fingerprint density at radius 1 is 1.45 bits per heavy atom. The molecule has 20 heavy (non-hydrogen) atoms. The van der Waals surface area contributed by atoms with Crippen molar-refractivity contribution >= 4 is 5.91 Å². The molecule has 0 atom stereocenters. The number of carbonyl (C=O) groups excluding carboxylic acids is 1. The average molecular weight is 274 g/mol. The van der Waals surface area contributed by atoms with Gasteiger partial charge < -0.3 is 10.1 Å².